The van der Waals surface area contributed by atoms with Crippen LogP contribution in [0.4, 0.5) is 5.69 Å². The van der Waals surface area contributed by atoms with Crippen LogP contribution < -0.4 is 14.4 Å². The first-order chi connectivity index (χ1) is 20.6. The molecular weight excluding hydrogens is 562 g/mol. The number of hydrogen-bond acceptors (Lipinski definition) is 5. The molecule has 4 rings (SSSR count). The van der Waals surface area contributed by atoms with Gasteiger partial charge in [0.2, 0.25) is 21.8 Å². The van der Waals surface area contributed by atoms with Crippen LogP contribution in [0, 0.1) is 0 Å². The summed E-state index contributed by atoms with van der Waals surface area (Å²) in [5.41, 5.74) is 2.03. The van der Waals surface area contributed by atoms with E-state index in [0.717, 1.165) is 33.5 Å². The number of fused-ring (bicyclic) bond motifs is 1. The van der Waals surface area contributed by atoms with E-state index in [0.29, 0.717) is 16.8 Å². The SMILES string of the molecule is CC[C@@H](C)NC(=O)[C@H](Cc1ccccc1)N(Cc1cccc(OC)c1)C(=O)CN(c1cccc2ccccc12)S(C)(=O)=O. The molecule has 0 saturated heterocycles. The third-order valence-corrected chi connectivity index (χ3v) is 8.60. The molecule has 0 aromatic heterocycles. The number of anilines is 1. The lowest BCUT2D eigenvalue weighted by Crippen LogP contribution is -2.54. The van der Waals surface area contributed by atoms with Crippen molar-refractivity contribution in [2.24, 2.45) is 0 Å². The highest BCUT2D eigenvalue weighted by Gasteiger charge is 2.33. The molecule has 4 aromatic rings. The van der Waals surface area contributed by atoms with Gasteiger partial charge in [-0.3, -0.25) is 13.9 Å². The monoisotopic (exact) mass is 601 g/mol. The molecule has 0 radical (unpaired) electrons. The summed E-state index contributed by atoms with van der Waals surface area (Å²) >= 11 is 0. The molecule has 2 amide bonds. The average Bonchev–Trinajstić information content (AvgIpc) is 3.01. The van der Waals surface area contributed by atoms with Crippen LogP contribution in [-0.4, -0.2) is 57.1 Å². The quantitative estimate of drug-likeness (QED) is 0.228. The Balaban J connectivity index is 1.79. The van der Waals surface area contributed by atoms with E-state index in [1.807, 2.05) is 92.7 Å². The number of carbonyl (C=O) groups excluding carboxylic acids is 2. The lowest BCUT2D eigenvalue weighted by Gasteiger charge is -2.34. The first-order valence-corrected chi connectivity index (χ1v) is 16.2. The Bertz CT molecular complexity index is 1650. The molecule has 8 nitrogen and oxygen atoms in total. The number of rotatable bonds is 13. The number of ether oxygens (including phenoxy) is 1. The first-order valence-electron chi connectivity index (χ1n) is 14.3. The minimum absolute atomic E-state index is 0.0780. The van der Waals surface area contributed by atoms with E-state index >= 15 is 0 Å². The molecule has 1 N–H and O–H groups in total. The molecule has 226 valence electrons. The van der Waals surface area contributed by atoms with Crippen molar-refractivity contribution in [3.05, 3.63) is 108 Å². The fraction of sp³-hybridized carbons (Fsp3) is 0.294. The lowest BCUT2D eigenvalue weighted by atomic mass is 10.0. The summed E-state index contributed by atoms with van der Waals surface area (Å²) < 4.78 is 33.0. The van der Waals surface area contributed by atoms with Gasteiger partial charge in [0, 0.05) is 24.4 Å². The van der Waals surface area contributed by atoms with Crippen molar-refractivity contribution >= 4 is 38.3 Å². The summed E-state index contributed by atoms with van der Waals surface area (Å²) in [6, 6.07) is 28.6. The standard InChI is InChI=1S/C34H39N3O5S/c1-5-25(2)35-34(39)32(22-26-13-7-6-8-14-26)36(23-27-15-11-18-29(21-27)42-3)33(38)24-37(43(4,40)41)31-20-12-17-28-16-9-10-19-30(28)31/h6-21,25,32H,5,22-24H2,1-4H3,(H,35,39)/t25-,32+/m1/s1. The Kier molecular flexibility index (Phi) is 10.4. The third kappa shape index (κ3) is 8.14. The molecule has 0 saturated carbocycles. The van der Waals surface area contributed by atoms with E-state index in [4.69, 9.17) is 4.74 Å². The summed E-state index contributed by atoms with van der Waals surface area (Å²) in [5.74, 6) is -0.186. The van der Waals surface area contributed by atoms with Gasteiger partial charge in [0.15, 0.2) is 0 Å². The molecular formula is C34H39N3O5S. The van der Waals surface area contributed by atoms with E-state index in [-0.39, 0.29) is 24.9 Å². The molecule has 0 spiro atoms. The molecule has 0 heterocycles. The van der Waals surface area contributed by atoms with E-state index in [1.54, 1.807) is 25.3 Å². The van der Waals surface area contributed by atoms with Crippen LogP contribution in [0.15, 0.2) is 97.1 Å². The number of methoxy groups -OCH3 is 1. The van der Waals surface area contributed by atoms with Gasteiger partial charge >= 0.3 is 0 Å². The minimum Gasteiger partial charge on any atom is -0.497 e. The molecule has 0 aliphatic carbocycles. The van der Waals surface area contributed by atoms with Crippen LogP contribution in [0.25, 0.3) is 10.8 Å². The molecule has 0 aliphatic rings. The maximum atomic E-state index is 14.4. The van der Waals surface area contributed by atoms with Crippen molar-refractivity contribution in [1.82, 2.24) is 10.2 Å². The van der Waals surface area contributed by atoms with Crippen LogP contribution in [0.2, 0.25) is 0 Å². The van der Waals surface area contributed by atoms with Crippen LogP contribution >= 0.6 is 0 Å². The zero-order valence-corrected chi connectivity index (χ0v) is 25.9. The zero-order chi connectivity index (χ0) is 31.0. The largest absolute Gasteiger partial charge is 0.497 e. The van der Waals surface area contributed by atoms with Gasteiger partial charge in [-0.2, -0.15) is 0 Å². The Morgan fingerprint density at radius 3 is 2.23 bits per heavy atom. The van der Waals surface area contributed by atoms with Crippen molar-refractivity contribution in [1.29, 1.82) is 0 Å². The number of amides is 2. The second-order valence-electron chi connectivity index (χ2n) is 10.7. The van der Waals surface area contributed by atoms with Crippen molar-refractivity contribution < 1.29 is 22.7 Å². The van der Waals surface area contributed by atoms with Crippen LogP contribution in [0.1, 0.15) is 31.4 Å². The Labute approximate surface area is 254 Å². The number of sulfonamides is 1. The Morgan fingerprint density at radius 1 is 0.884 bits per heavy atom. The van der Waals surface area contributed by atoms with E-state index in [1.165, 1.54) is 4.90 Å². The molecule has 2 atom stereocenters. The van der Waals surface area contributed by atoms with Gasteiger partial charge in [-0.05, 0) is 48.1 Å². The highest BCUT2D eigenvalue weighted by Crippen LogP contribution is 2.29. The minimum atomic E-state index is -3.88. The predicted octanol–water partition coefficient (Wildman–Crippen LogP) is 5.17. The number of hydrogen-bond donors (Lipinski definition) is 1. The fourth-order valence-corrected chi connectivity index (χ4v) is 5.84. The maximum absolute atomic E-state index is 14.4. The second kappa shape index (κ2) is 14.2. The van der Waals surface area contributed by atoms with Crippen LogP contribution in [0.3, 0.4) is 0 Å². The smallest absolute Gasteiger partial charge is 0.244 e. The lowest BCUT2D eigenvalue weighted by molar-refractivity contribution is -0.140. The number of nitrogens with one attached hydrogen (secondary N) is 1. The van der Waals surface area contributed by atoms with E-state index in [9.17, 15) is 18.0 Å². The highest BCUT2D eigenvalue weighted by atomic mass is 32.2. The van der Waals surface area contributed by atoms with Crippen molar-refractivity contribution in [2.45, 2.75) is 45.3 Å². The Hall–Kier alpha value is -4.37. The van der Waals surface area contributed by atoms with Gasteiger partial charge in [-0.15, -0.1) is 0 Å². The topological polar surface area (TPSA) is 96.0 Å². The molecule has 0 bridgehead atoms. The highest BCUT2D eigenvalue weighted by molar-refractivity contribution is 7.92. The van der Waals surface area contributed by atoms with Gasteiger partial charge < -0.3 is 15.0 Å². The van der Waals surface area contributed by atoms with Crippen molar-refractivity contribution in [3.8, 4) is 5.75 Å². The van der Waals surface area contributed by atoms with Gasteiger partial charge in [0.05, 0.1) is 19.1 Å². The summed E-state index contributed by atoms with van der Waals surface area (Å²) in [4.78, 5) is 29.7. The molecule has 9 heteroatoms. The van der Waals surface area contributed by atoms with Gasteiger partial charge in [0.1, 0.15) is 18.3 Å². The predicted molar refractivity (Wildman–Crippen MR) is 172 cm³/mol. The number of nitrogens with zero attached hydrogens (tertiary/aromatic N) is 2. The molecule has 43 heavy (non-hydrogen) atoms. The summed E-state index contributed by atoms with van der Waals surface area (Å²) in [5, 5.41) is 4.60. The number of carbonyl (C=O) groups is 2. The normalized spacial score (nSPS) is 12.7. The van der Waals surface area contributed by atoms with Crippen molar-refractivity contribution in [2.75, 3.05) is 24.2 Å². The van der Waals surface area contributed by atoms with Crippen LogP contribution in [0.5, 0.6) is 5.75 Å². The summed E-state index contributed by atoms with van der Waals surface area (Å²) in [6.45, 7) is 3.50. The van der Waals surface area contributed by atoms with Gasteiger partial charge in [-0.1, -0.05) is 85.8 Å². The van der Waals surface area contributed by atoms with E-state index < -0.39 is 28.5 Å². The summed E-state index contributed by atoms with van der Waals surface area (Å²) in [6.07, 6.45) is 2.06. The fourth-order valence-electron chi connectivity index (χ4n) is 4.98. The van der Waals surface area contributed by atoms with Crippen molar-refractivity contribution in [3.63, 3.8) is 0 Å². The molecule has 4 aromatic carbocycles. The van der Waals surface area contributed by atoms with Gasteiger partial charge in [-0.25, -0.2) is 8.42 Å². The second-order valence-corrected chi connectivity index (χ2v) is 12.6. The molecule has 0 aliphatic heterocycles. The van der Waals surface area contributed by atoms with Gasteiger partial charge in [0.25, 0.3) is 0 Å². The zero-order valence-electron chi connectivity index (χ0n) is 25.1. The van der Waals surface area contributed by atoms with E-state index in [2.05, 4.69) is 5.32 Å². The maximum Gasteiger partial charge on any atom is 0.244 e. The molecule has 0 unspecified atom stereocenters. The van der Waals surface area contributed by atoms with Crippen LogP contribution in [-0.2, 0) is 32.6 Å². The molecule has 0 fully saturated rings. The summed E-state index contributed by atoms with van der Waals surface area (Å²) in [7, 11) is -2.32. The Morgan fingerprint density at radius 2 is 1.53 bits per heavy atom. The number of benzene rings is 4. The third-order valence-electron chi connectivity index (χ3n) is 7.47. The average molecular weight is 602 g/mol. The first kappa shape index (κ1) is 31.6.